The Morgan fingerprint density at radius 1 is 1.38 bits per heavy atom. The van der Waals surface area contributed by atoms with Crippen LogP contribution >= 0.6 is 0 Å². The van der Waals surface area contributed by atoms with Crippen molar-refractivity contribution in [1.29, 1.82) is 0 Å². The molecule has 1 heterocycles. The molecule has 4 nitrogen and oxygen atoms in total. The lowest BCUT2D eigenvalue weighted by atomic mass is 10.1. The topological polar surface area (TPSA) is 53.4 Å². The lowest BCUT2D eigenvalue weighted by Crippen LogP contribution is -2.27. The zero-order valence-corrected chi connectivity index (χ0v) is 12.0. The first-order chi connectivity index (χ1) is 10.1. The maximum absolute atomic E-state index is 12.6. The van der Waals surface area contributed by atoms with Crippen LogP contribution in [0.2, 0.25) is 0 Å². The Labute approximate surface area is 124 Å². The second-order valence-corrected chi connectivity index (χ2v) is 4.58. The van der Waals surface area contributed by atoms with Crippen LogP contribution in [-0.4, -0.2) is 29.7 Å². The molecule has 0 bridgehead atoms. The largest absolute Gasteiger partial charge is 0.384 e. The fourth-order valence-electron chi connectivity index (χ4n) is 1.95. The molecule has 1 aromatic carbocycles. The maximum Gasteiger partial charge on any atom is 0.259 e. The number of carbonyl (C=O) groups excluding carboxylic acids is 1. The van der Waals surface area contributed by atoms with Crippen LogP contribution in [0.1, 0.15) is 21.5 Å². The average Bonchev–Trinajstić information content (AvgIpc) is 2.51. The van der Waals surface area contributed by atoms with E-state index in [2.05, 4.69) is 16.8 Å². The number of nitrogens with zero attached hydrogens (tertiary/aromatic N) is 2. The molecule has 1 amide bonds. The molecule has 0 aliphatic carbocycles. The molecule has 4 heteroatoms. The molecule has 0 spiro atoms. The Morgan fingerprint density at radius 3 is 2.90 bits per heavy atom. The number of hydrogen-bond donors (Lipinski definition) is 1. The summed E-state index contributed by atoms with van der Waals surface area (Å²) in [5.74, 6) is 5.13. The van der Waals surface area contributed by atoms with Crippen LogP contribution in [-0.2, 0) is 0 Å². The predicted molar refractivity (Wildman–Crippen MR) is 82.1 cm³/mol. The molecule has 2 aromatic rings. The summed E-state index contributed by atoms with van der Waals surface area (Å²) < 4.78 is 0. The number of anilines is 1. The zero-order valence-electron chi connectivity index (χ0n) is 12.0. The van der Waals surface area contributed by atoms with E-state index in [4.69, 9.17) is 5.11 Å². The van der Waals surface area contributed by atoms with Crippen molar-refractivity contribution in [3.8, 4) is 11.8 Å². The molecule has 0 saturated carbocycles. The van der Waals surface area contributed by atoms with Gasteiger partial charge < -0.3 is 10.0 Å². The minimum atomic E-state index is -0.254. The minimum absolute atomic E-state index is 0.162. The summed E-state index contributed by atoms with van der Waals surface area (Å²) in [7, 11) is 1.72. The van der Waals surface area contributed by atoms with E-state index in [-0.39, 0.29) is 12.5 Å². The molecule has 0 atom stereocenters. The monoisotopic (exact) mass is 280 g/mol. The highest BCUT2D eigenvalue weighted by molar-refractivity contribution is 6.07. The molecule has 0 radical (unpaired) electrons. The summed E-state index contributed by atoms with van der Waals surface area (Å²) in [6, 6.07) is 9.35. The lowest BCUT2D eigenvalue weighted by Gasteiger charge is -2.18. The van der Waals surface area contributed by atoms with E-state index in [1.807, 2.05) is 31.2 Å². The molecule has 0 fully saturated rings. The number of carbonyl (C=O) groups is 1. The van der Waals surface area contributed by atoms with E-state index in [9.17, 15) is 4.79 Å². The third kappa shape index (κ3) is 3.47. The summed E-state index contributed by atoms with van der Waals surface area (Å²) in [6.07, 6.45) is 3.08. The van der Waals surface area contributed by atoms with Gasteiger partial charge in [-0.25, -0.2) is 0 Å². The zero-order chi connectivity index (χ0) is 15.2. The van der Waals surface area contributed by atoms with Gasteiger partial charge in [-0.15, -0.1) is 0 Å². The van der Waals surface area contributed by atoms with Gasteiger partial charge >= 0.3 is 0 Å². The molecule has 0 unspecified atom stereocenters. The molecule has 0 aliphatic rings. The minimum Gasteiger partial charge on any atom is -0.384 e. The third-order valence-corrected chi connectivity index (χ3v) is 3.05. The number of hydrogen-bond acceptors (Lipinski definition) is 3. The van der Waals surface area contributed by atoms with Crippen LogP contribution in [0.4, 0.5) is 5.69 Å². The highest BCUT2D eigenvalue weighted by atomic mass is 16.2. The van der Waals surface area contributed by atoms with Gasteiger partial charge in [-0.3, -0.25) is 9.78 Å². The number of amides is 1. The predicted octanol–water partition coefficient (Wildman–Crippen LogP) is 2.01. The molecule has 1 aromatic heterocycles. The number of aliphatic hydroxyl groups is 1. The van der Waals surface area contributed by atoms with Crippen LogP contribution in [0.15, 0.2) is 42.7 Å². The van der Waals surface area contributed by atoms with Crippen LogP contribution in [0.3, 0.4) is 0 Å². The summed E-state index contributed by atoms with van der Waals surface area (Å²) in [5, 5.41) is 8.79. The summed E-state index contributed by atoms with van der Waals surface area (Å²) in [5.41, 5.74) is 2.88. The van der Waals surface area contributed by atoms with Crippen molar-refractivity contribution in [2.24, 2.45) is 0 Å². The van der Waals surface area contributed by atoms with E-state index in [0.29, 0.717) is 11.1 Å². The molecule has 0 aliphatic heterocycles. The van der Waals surface area contributed by atoms with Crippen LogP contribution in [0.5, 0.6) is 0 Å². The molecule has 2 rings (SSSR count). The summed E-state index contributed by atoms with van der Waals surface area (Å²) >= 11 is 0. The quantitative estimate of drug-likeness (QED) is 0.856. The van der Waals surface area contributed by atoms with Crippen molar-refractivity contribution in [3.63, 3.8) is 0 Å². The number of aliphatic hydroxyl groups excluding tert-OH is 1. The smallest absolute Gasteiger partial charge is 0.259 e. The highest BCUT2D eigenvalue weighted by Gasteiger charge is 2.16. The van der Waals surface area contributed by atoms with Crippen molar-refractivity contribution < 1.29 is 9.90 Å². The van der Waals surface area contributed by atoms with Crippen molar-refractivity contribution in [2.75, 3.05) is 18.6 Å². The van der Waals surface area contributed by atoms with Crippen molar-refractivity contribution in [1.82, 2.24) is 4.98 Å². The number of aromatic nitrogens is 1. The normalized spacial score (nSPS) is 9.67. The van der Waals surface area contributed by atoms with Crippen LogP contribution in [0.25, 0.3) is 0 Å². The second kappa shape index (κ2) is 6.69. The number of benzene rings is 1. The number of pyridine rings is 1. The van der Waals surface area contributed by atoms with E-state index in [1.165, 1.54) is 6.20 Å². The van der Waals surface area contributed by atoms with Gasteiger partial charge in [-0.05, 0) is 30.7 Å². The van der Waals surface area contributed by atoms with Gasteiger partial charge in [-0.2, -0.15) is 0 Å². The fraction of sp³-hybridized carbons (Fsp3) is 0.176. The Morgan fingerprint density at radius 2 is 2.19 bits per heavy atom. The third-order valence-electron chi connectivity index (χ3n) is 3.05. The van der Waals surface area contributed by atoms with Crippen molar-refractivity contribution in [3.05, 3.63) is 59.4 Å². The maximum atomic E-state index is 12.6. The molecule has 106 valence electrons. The molecular formula is C17H16N2O2. The average molecular weight is 280 g/mol. The molecular weight excluding hydrogens is 264 g/mol. The first-order valence-electron chi connectivity index (χ1n) is 6.52. The van der Waals surface area contributed by atoms with Gasteiger partial charge in [-0.1, -0.05) is 24.0 Å². The van der Waals surface area contributed by atoms with Gasteiger partial charge in [0, 0.05) is 25.1 Å². The van der Waals surface area contributed by atoms with Gasteiger partial charge in [0.2, 0.25) is 0 Å². The number of aryl methyl sites for hydroxylation is 1. The Balaban J connectivity index is 2.36. The molecule has 1 N–H and O–H groups in total. The van der Waals surface area contributed by atoms with E-state index in [1.54, 1.807) is 24.2 Å². The first kappa shape index (κ1) is 14.8. The Kier molecular flexibility index (Phi) is 4.70. The first-order valence-corrected chi connectivity index (χ1v) is 6.52. The summed E-state index contributed by atoms with van der Waals surface area (Å²) in [4.78, 5) is 18.2. The van der Waals surface area contributed by atoms with Crippen LogP contribution < -0.4 is 4.90 Å². The Hall–Kier alpha value is -2.64. The van der Waals surface area contributed by atoms with E-state index < -0.39 is 0 Å². The van der Waals surface area contributed by atoms with Gasteiger partial charge in [0.1, 0.15) is 6.61 Å². The Bertz CT molecular complexity index is 714. The molecule has 0 saturated heterocycles. The van der Waals surface area contributed by atoms with Crippen LogP contribution in [0, 0.1) is 18.8 Å². The van der Waals surface area contributed by atoms with E-state index >= 15 is 0 Å². The SMILES string of the molecule is Cc1cccc(N(C)C(=O)c2ccncc2C#CCO)c1. The molecule has 21 heavy (non-hydrogen) atoms. The summed E-state index contributed by atoms with van der Waals surface area (Å²) in [6.45, 7) is 1.72. The lowest BCUT2D eigenvalue weighted by molar-refractivity contribution is 0.0992. The van der Waals surface area contributed by atoms with Crippen molar-refractivity contribution in [2.45, 2.75) is 6.92 Å². The fourth-order valence-corrected chi connectivity index (χ4v) is 1.95. The van der Waals surface area contributed by atoms with Gasteiger partial charge in [0.05, 0.1) is 11.1 Å². The van der Waals surface area contributed by atoms with Gasteiger partial charge in [0.25, 0.3) is 5.91 Å². The highest BCUT2D eigenvalue weighted by Crippen LogP contribution is 2.18. The number of rotatable bonds is 2. The van der Waals surface area contributed by atoms with Gasteiger partial charge in [0.15, 0.2) is 0 Å². The van der Waals surface area contributed by atoms with E-state index in [0.717, 1.165) is 11.3 Å². The van der Waals surface area contributed by atoms with Crippen molar-refractivity contribution >= 4 is 11.6 Å². The standard InChI is InChI=1S/C17H16N2O2/c1-13-5-3-7-15(11-13)19(2)17(21)16-8-9-18-12-14(16)6-4-10-20/h3,5,7-9,11-12,20H,10H2,1-2H3. The second-order valence-electron chi connectivity index (χ2n) is 4.58.